The molecule has 0 atom stereocenters. The molecule has 0 amide bonds. The fourth-order valence-electron chi connectivity index (χ4n) is 0.827. The van der Waals surface area contributed by atoms with Crippen LogP contribution < -0.4 is 10.5 Å². The van der Waals surface area contributed by atoms with Crippen LogP contribution in [0.3, 0.4) is 0 Å². The Balaban J connectivity index is 2.66. The smallest absolute Gasteiger partial charge is 0.165 e. The second kappa shape index (κ2) is 5.12. The molecule has 0 aliphatic carbocycles. The maximum Gasteiger partial charge on any atom is 0.165 e. The topological polar surface area (TPSA) is 35.2 Å². The van der Waals surface area contributed by atoms with Crippen LogP contribution in [0, 0.1) is 5.82 Å². The minimum atomic E-state index is -0.391. The molecule has 0 saturated heterocycles. The van der Waals surface area contributed by atoms with E-state index in [2.05, 4.69) is 22.5 Å². The van der Waals surface area contributed by atoms with Crippen molar-refractivity contribution in [3.05, 3.63) is 40.6 Å². The molecule has 0 radical (unpaired) electrons. The number of hydrogen-bond donors (Lipinski definition) is 1. The van der Waals surface area contributed by atoms with E-state index in [1.54, 1.807) is 12.1 Å². The van der Waals surface area contributed by atoms with E-state index in [-0.39, 0.29) is 12.4 Å². The van der Waals surface area contributed by atoms with Crippen molar-refractivity contribution in [2.24, 2.45) is 5.73 Å². The van der Waals surface area contributed by atoms with E-state index < -0.39 is 5.82 Å². The van der Waals surface area contributed by atoms with Crippen LogP contribution >= 0.6 is 15.9 Å². The van der Waals surface area contributed by atoms with Gasteiger partial charge < -0.3 is 10.5 Å². The number of ether oxygens (including phenoxy) is 1. The SMILES string of the molecule is C=C(CN)COc1cc(Br)ccc1F. The minimum Gasteiger partial charge on any atom is -0.486 e. The first kappa shape index (κ1) is 11.2. The first-order valence-corrected chi connectivity index (χ1v) is 4.87. The molecule has 0 saturated carbocycles. The van der Waals surface area contributed by atoms with E-state index >= 15 is 0 Å². The molecule has 0 unspecified atom stereocenters. The number of rotatable bonds is 4. The lowest BCUT2D eigenvalue weighted by Crippen LogP contribution is -2.10. The van der Waals surface area contributed by atoms with Crippen molar-refractivity contribution in [3.8, 4) is 5.75 Å². The summed E-state index contributed by atoms with van der Waals surface area (Å²) in [6.45, 7) is 4.24. The number of halogens is 2. The van der Waals surface area contributed by atoms with Gasteiger partial charge in [0.15, 0.2) is 11.6 Å². The zero-order valence-electron chi connectivity index (χ0n) is 7.59. The van der Waals surface area contributed by atoms with Crippen molar-refractivity contribution >= 4 is 15.9 Å². The Morgan fingerprint density at radius 2 is 2.29 bits per heavy atom. The third-order valence-corrected chi connectivity index (χ3v) is 2.11. The molecule has 0 fully saturated rings. The van der Waals surface area contributed by atoms with Crippen molar-refractivity contribution in [1.29, 1.82) is 0 Å². The molecule has 0 heterocycles. The van der Waals surface area contributed by atoms with Crippen LogP contribution in [0.4, 0.5) is 4.39 Å². The van der Waals surface area contributed by atoms with Gasteiger partial charge >= 0.3 is 0 Å². The molecule has 4 heteroatoms. The van der Waals surface area contributed by atoms with Crippen LogP contribution in [0.1, 0.15) is 0 Å². The summed E-state index contributed by atoms with van der Waals surface area (Å²) in [4.78, 5) is 0. The lowest BCUT2D eigenvalue weighted by atomic mass is 10.3. The summed E-state index contributed by atoms with van der Waals surface area (Å²) in [5, 5.41) is 0. The molecule has 1 rings (SSSR count). The Labute approximate surface area is 90.7 Å². The van der Waals surface area contributed by atoms with Crippen LogP contribution in [0.15, 0.2) is 34.8 Å². The standard InChI is InChI=1S/C10H11BrFNO/c1-7(5-13)6-14-10-4-8(11)2-3-9(10)12/h2-4H,1,5-6,13H2. The van der Waals surface area contributed by atoms with Crippen LogP contribution in [0.2, 0.25) is 0 Å². The fraction of sp³-hybridized carbons (Fsp3) is 0.200. The summed E-state index contributed by atoms with van der Waals surface area (Å²) >= 11 is 3.23. The molecule has 1 aromatic rings. The van der Waals surface area contributed by atoms with E-state index in [1.165, 1.54) is 6.07 Å². The van der Waals surface area contributed by atoms with Gasteiger partial charge in [-0.15, -0.1) is 0 Å². The van der Waals surface area contributed by atoms with Crippen LogP contribution in [0.5, 0.6) is 5.75 Å². The lowest BCUT2D eigenvalue weighted by Gasteiger charge is -2.08. The minimum absolute atomic E-state index is 0.203. The molecule has 1 aromatic carbocycles. The van der Waals surface area contributed by atoms with Gasteiger partial charge in [0.1, 0.15) is 6.61 Å². The molecular formula is C10H11BrFNO. The predicted molar refractivity (Wildman–Crippen MR) is 57.8 cm³/mol. The molecule has 0 spiro atoms. The molecule has 0 aromatic heterocycles. The van der Waals surface area contributed by atoms with Crippen molar-refractivity contribution in [3.63, 3.8) is 0 Å². The van der Waals surface area contributed by atoms with E-state index in [1.807, 2.05) is 0 Å². The van der Waals surface area contributed by atoms with Gasteiger partial charge in [0, 0.05) is 11.0 Å². The van der Waals surface area contributed by atoms with Gasteiger partial charge in [-0.2, -0.15) is 0 Å². The van der Waals surface area contributed by atoms with Crippen LogP contribution in [-0.4, -0.2) is 13.2 Å². The predicted octanol–water partition coefficient (Wildman–Crippen LogP) is 2.48. The van der Waals surface area contributed by atoms with Gasteiger partial charge in [0.2, 0.25) is 0 Å². The highest BCUT2D eigenvalue weighted by Gasteiger charge is 2.03. The molecule has 0 aliphatic rings. The Hall–Kier alpha value is -0.870. The van der Waals surface area contributed by atoms with Gasteiger partial charge in [0.25, 0.3) is 0 Å². The summed E-state index contributed by atoms with van der Waals surface area (Å²) in [7, 11) is 0. The van der Waals surface area contributed by atoms with E-state index in [0.29, 0.717) is 6.54 Å². The van der Waals surface area contributed by atoms with Crippen molar-refractivity contribution in [2.45, 2.75) is 0 Å². The Kier molecular flexibility index (Phi) is 4.10. The van der Waals surface area contributed by atoms with E-state index in [4.69, 9.17) is 10.5 Å². The highest BCUT2D eigenvalue weighted by atomic mass is 79.9. The fourth-order valence-corrected chi connectivity index (χ4v) is 1.17. The number of benzene rings is 1. The van der Waals surface area contributed by atoms with Gasteiger partial charge in [-0.25, -0.2) is 4.39 Å². The average molecular weight is 260 g/mol. The Morgan fingerprint density at radius 1 is 1.57 bits per heavy atom. The van der Waals surface area contributed by atoms with Gasteiger partial charge in [-0.1, -0.05) is 22.5 Å². The molecular weight excluding hydrogens is 249 g/mol. The zero-order valence-corrected chi connectivity index (χ0v) is 9.18. The summed E-state index contributed by atoms with van der Waals surface area (Å²) in [6.07, 6.45) is 0. The normalized spacial score (nSPS) is 9.93. The van der Waals surface area contributed by atoms with E-state index in [9.17, 15) is 4.39 Å². The summed E-state index contributed by atoms with van der Waals surface area (Å²) in [5.41, 5.74) is 6.05. The highest BCUT2D eigenvalue weighted by molar-refractivity contribution is 9.10. The van der Waals surface area contributed by atoms with Gasteiger partial charge in [-0.3, -0.25) is 0 Å². The number of hydrogen-bond acceptors (Lipinski definition) is 2. The van der Waals surface area contributed by atoms with Crippen molar-refractivity contribution in [2.75, 3.05) is 13.2 Å². The summed E-state index contributed by atoms with van der Waals surface area (Å²) in [5.74, 6) is -0.188. The highest BCUT2D eigenvalue weighted by Crippen LogP contribution is 2.22. The lowest BCUT2D eigenvalue weighted by molar-refractivity contribution is 0.331. The number of nitrogens with two attached hydrogens (primary N) is 1. The largest absolute Gasteiger partial charge is 0.486 e. The zero-order chi connectivity index (χ0) is 10.6. The van der Waals surface area contributed by atoms with Crippen LogP contribution in [-0.2, 0) is 0 Å². The first-order chi connectivity index (χ1) is 6.63. The Bertz CT molecular complexity index is 341. The maximum absolute atomic E-state index is 13.1. The van der Waals surface area contributed by atoms with Gasteiger partial charge in [-0.05, 0) is 23.8 Å². The average Bonchev–Trinajstić information content (AvgIpc) is 2.19. The molecule has 0 aliphatic heterocycles. The molecule has 0 bridgehead atoms. The van der Waals surface area contributed by atoms with E-state index in [0.717, 1.165) is 10.0 Å². The monoisotopic (exact) mass is 259 g/mol. The second-order valence-corrected chi connectivity index (χ2v) is 3.73. The molecule has 14 heavy (non-hydrogen) atoms. The third kappa shape index (κ3) is 3.12. The van der Waals surface area contributed by atoms with Crippen LogP contribution in [0.25, 0.3) is 0 Å². The third-order valence-electron chi connectivity index (χ3n) is 1.61. The Morgan fingerprint density at radius 3 is 2.93 bits per heavy atom. The summed E-state index contributed by atoms with van der Waals surface area (Å²) in [6, 6.07) is 4.52. The maximum atomic E-state index is 13.1. The van der Waals surface area contributed by atoms with Crippen molar-refractivity contribution in [1.82, 2.24) is 0 Å². The van der Waals surface area contributed by atoms with Gasteiger partial charge in [0.05, 0.1) is 0 Å². The molecule has 2 nitrogen and oxygen atoms in total. The molecule has 2 N–H and O–H groups in total. The second-order valence-electron chi connectivity index (χ2n) is 2.82. The van der Waals surface area contributed by atoms with Crippen molar-refractivity contribution < 1.29 is 9.13 Å². The summed E-state index contributed by atoms with van der Waals surface area (Å²) < 4.78 is 19.1. The first-order valence-electron chi connectivity index (χ1n) is 4.08. The molecule has 76 valence electrons. The quantitative estimate of drug-likeness (QED) is 0.844.